The van der Waals surface area contributed by atoms with Crippen molar-refractivity contribution in [2.45, 2.75) is 46.1 Å². The lowest BCUT2D eigenvalue weighted by Gasteiger charge is -2.44. The molecule has 1 heterocycles. The van der Waals surface area contributed by atoms with Gasteiger partial charge in [0.2, 0.25) is 5.91 Å². The maximum Gasteiger partial charge on any atom is 0.225 e. The summed E-state index contributed by atoms with van der Waals surface area (Å²) >= 11 is 0. The smallest absolute Gasteiger partial charge is 0.225 e. The summed E-state index contributed by atoms with van der Waals surface area (Å²) in [6, 6.07) is 0. The van der Waals surface area contributed by atoms with Gasteiger partial charge in [-0.1, -0.05) is 13.8 Å². The van der Waals surface area contributed by atoms with Gasteiger partial charge in [-0.3, -0.25) is 9.69 Å². The molecule has 0 aliphatic carbocycles. The van der Waals surface area contributed by atoms with Gasteiger partial charge >= 0.3 is 0 Å². The number of piperazine rings is 1. The number of hydrogen-bond acceptors (Lipinski definition) is 3. The molecule has 1 saturated heterocycles. The molecule has 0 aromatic carbocycles. The first-order valence-electron chi connectivity index (χ1n) is 7.20. The van der Waals surface area contributed by atoms with Gasteiger partial charge in [0.25, 0.3) is 0 Å². The molecule has 0 atom stereocenters. The molecule has 1 fully saturated rings. The van der Waals surface area contributed by atoms with Crippen molar-refractivity contribution in [1.29, 1.82) is 0 Å². The third-order valence-corrected chi connectivity index (χ3v) is 4.28. The lowest BCUT2D eigenvalue weighted by molar-refractivity contribution is -0.138. The van der Waals surface area contributed by atoms with Crippen molar-refractivity contribution in [2.75, 3.05) is 32.7 Å². The van der Waals surface area contributed by atoms with Gasteiger partial charge in [0.05, 0.1) is 0 Å². The minimum absolute atomic E-state index is 0.0457. The van der Waals surface area contributed by atoms with Gasteiger partial charge in [-0.2, -0.15) is 0 Å². The highest BCUT2D eigenvalue weighted by atomic mass is 16.2. The minimum atomic E-state index is 0.0457. The maximum atomic E-state index is 12.3. The van der Waals surface area contributed by atoms with Crippen LogP contribution in [0.5, 0.6) is 0 Å². The second-order valence-corrected chi connectivity index (χ2v) is 5.84. The van der Waals surface area contributed by atoms with Crippen molar-refractivity contribution in [1.82, 2.24) is 9.80 Å². The van der Waals surface area contributed by atoms with Crippen molar-refractivity contribution in [3.05, 3.63) is 0 Å². The molecule has 1 amide bonds. The number of hydrogen-bond donors (Lipinski definition) is 1. The lowest BCUT2D eigenvalue weighted by Crippen LogP contribution is -2.58. The van der Waals surface area contributed by atoms with Crippen molar-refractivity contribution in [3.8, 4) is 0 Å². The second-order valence-electron chi connectivity index (χ2n) is 5.84. The number of amides is 1. The summed E-state index contributed by atoms with van der Waals surface area (Å²) in [5, 5.41) is 0. The highest BCUT2D eigenvalue weighted by Crippen LogP contribution is 2.18. The van der Waals surface area contributed by atoms with Crippen molar-refractivity contribution in [3.63, 3.8) is 0 Å². The van der Waals surface area contributed by atoms with Gasteiger partial charge < -0.3 is 10.6 Å². The average molecular weight is 255 g/mol. The molecule has 1 aliphatic rings. The Kier molecular flexibility index (Phi) is 5.60. The van der Waals surface area contributed by atoms with E-state index in [4.69, 9.17) is 5.73 Å². The van der Waals surface area contributed by atoms with E-state index in [2.05, 4.69) is 32.6 Å². The van der Waals surface area contributed by atoms with Crippen LogP contribution in [0.25, 0.3) is 0 Å². The van der Waals surface area contributed by atoms with Crippen LogP contribution in [-0.4, -0.2) is 54.0 Å². The molecule has 18 heavy (non-hydrogen) atoms. The first kappa shape index (κ1) is 15.4. The van der Waals surface area contributed by atoms with Crippen LogP contribution >= 0.6 is 0 Å². The van der Waals surface area contributed by atoms with Crippen LogP contribution in [0.3, 0.4) is 0 Å². The Labute approximate surface area is 111 Å². The van der Waals surface area contributed by atoms with E-state index >= 15 is 0 Å². The van der Waals surface area contributed by atoms with Gasteiger partial charge in [-0.15, -0.1) is 0 Å². The fraction of sp³-hybridized carbons (Fsp3) is 0.929. The molecule has 0 aromatic rings. The number of rotatable bonds is 5. The molecular weight excluding hydrogens is 226 g/mol. The Balaban J connectivity index is 2.51. The van der Waals surface area contributed by atoms with Crippen LogP contribution in [0.1, 0.15) is 40.5 Å². The molecule has 2 N–H and O–H groups in total. The highest BCUT2D eigenvalue weighted by molar-refractivity contribution is 5.78. The third-order valence-electron chi connectivity index (χ3n) is 4.28. The quantitative estimate of drug-likeness (QED) is 0.805. The molecule has 4 nitrogen and oxygen atoms in total. The predicted octanol–water partition coefficient (Wildman–Crippen LogP) is 1.30. The van der Waals surface area contributed by atoms with Crippen LogP contribution in [-0.2, 0) is 4.79 Å². The van der Waals surface area contributed by atoms with E-state index in [9.17, 15) is 4.79 Å². The first-order chi connectivity index (χ1) is 8.46. The Bertz CT molecular complexity index is 266. The Morgan fingerprint density at radius 2 is 1.67 bits per heavy atom. The molecule has 0 unspecified atom stereocenters. The standard InChI is InChI=1S/C14H29N3O/c1-5-12(6-2)13(18)16-7-9-17(10-8-16)14(3,4)11-15/h12H,5-11,15H2,1-4H3. The molecule has 1 aliphatic heterocycles. The zero-order valence-corrected chi connectivity index (χ0v) is 12.4. The highest BCUT2D eigenvalue weighted by Gasteiger charge is 2.31. The maximum absolute atomic E-state index is 12.3. The fourth-order valence-electron chi connectivity index (χ4n) is 2.56. The summed E-state index contributed by atoms with van der Waals surface area (Å²) in [6.07, 6.45) is 1.90. The number of nitrogens with two attached hydrogens (primary N) is 1. The largest absolute Gasteiger partial charge is 0.340 e. The van der Waals surface area contributed by atoms with Gasteiger partial charge in [0, 0.05) is 44.2 Å². The van der Waals surface area contributed by atoms with Crippen LogP contribution < -0.4 is 5.73 Å². The molecule has 4 heteroatoms. The molecule has 106 valence electrons. The Morgan fingerprint density at radius 3 is 2.06 bits per heavy atom. The predicted molar refractivity (Wildman–Crippen MR) is 75.4 cm³/mol. The second kappa shape index (κ2) is 6.53. The van der Waals surface area contributed by atoms with E-state index in [1.165, 1.54) is 0 Å². The molecule has 1 rings (SSSR count). The van der Waals surface area contributed by atoms with Gasteiger partial charge in [-0.25, -0.2) is 0 Å². The zero-order chi connectivity index (χ0) is 13.8. The Hall–Kier alpha value is -0.610. The van der Waals surface area contributed by atoms with E-state index in [1.54, 1.807) is 0 Å². The van der Waals surface area contributed by atoms with Crippen LogP contribution in [0.15, 0.2) is 0 Å². The number of carbonyl (C=O) groups is 1. The third kappa shape index (κ3) is 3.45. The summed E-state index contributed by atoms with van der Waals surface area (Å²) in [4.78, 5) is 16.7. The van der Waals surface area contributed by atoms with Crippen molar-refractivity contribution in [2.24, 2.45) is 11.7 Å². The van der Waals surface area contributed by atoms with E-state index in [0.717, 1.165) is 39.0 Å². The summed E-state index contributed by atoms with van der Waals surface area (Å²) in [7, 11) is 0. The minimum Gasteiger partial charge on any atom is -0.340 e. The summed E-state index contributed by atoms with van der Waals surface area (Å²) in [5.74, 6) is 0.546. The van der Waals surface area contributed by atoms with Crippen molar-refractivity contribution < 1.29 is 4.79 Å². The summed E-state index contributed by atoms with van der Waals surface area (Å²) in [5.41, 5.74) is 5.85. The van der Waals surface area contributed by atoms with Crippen LogP contribution in [0.4, 0.5) is 0 Å². The molecule has 0 saturated carbocycles. The van der Waals surface area contributed by atoms with Gasteiger partial charge in [0.1, 0.15) is 0 Å². The van der Waals surface area contributed by atoms with E-state index in [-0.39, 0.29) is 11.5 Å². The van der Waals surface area contributed by atoms with E-state index in [1.807, 2.05) is 4.90 Å². The molecule has 0 radical (unpaired) electrons. The first-order valence-corrected chi connectivity index (χ1v) is 7.20. The average Bonchev–Trinajstić information content (AvgIpc) is 2.40. The summed E-state index contributed by atoms with van der Waals surface area (Å²) < 4.78 is 0. The van der Waals surface area contributed by atoms with Crippen LogP contribution in [0, 0.1) is 5.92 Å². The van der Waals surface area contributed by atoms with E-state index < -0.39 is 0 Å². The molecular formula is C14H29N3O. The topological polar surface area (TPSA) is 49.6 Å². The van der Waals surface area contributed by atoms with Gasteiger partial charge in [0.15, 0.2) is 0 Å². The van der Waals surface area contributed by atoms with Crippen LogP contribution in [0.2, 0.25) is 0 Å². The van der Waals surface area contributed by atoms with Crippen molar-refractivity contribution >= 4 is 5.91 Å². The number of nitrogens with zero attached hydrogens (tertiary/aromatic N) is 2. The molecule has 0 spiro atoms. The molecule has 0 bridgehead atoms. The number of carbonyl (C=O) groups excluding carboxylic acids is 1. The lowest BCUT2D eigenvalue weighted by atomic mass is 9.99. The van der Waals surface area contributed by atoms with Gasteiger partial charge in [-0.05, 0) is 26.7 Å². The molecule has 0 aromatic heterocycles. The van der Waals surface area contributed by atoms with E-state index in [0.29, 0.717) is 12.5 Å². The Morgan fingerprint density at radius 1 is 1.17 bits per heavy atom. The normalized spacial score (nSPS) is 18.4. The zero-order valence-electron chi connectivity index (χ0n) is 12.4. The summed E-state index contributed by atoms with van der Waals surface area (Å²) in [6.45, 7) is 12.8. The monoisotopic (exact) mass is 255 g/mol. The fourth-order valence-corrected chi connectivity index (χ4v) is 2.56. The SMILES string of the molecule is CCC(CC)C(=O)N1CCN(C(C)(C)CN)CC1.